The van der Waals surface area contributed by atoms with E-state index in [0.717, 1.165) is 49.0 Å². The van der Waals surface area contributed by atoms with Gasteiger partial charge in [0.2, 0.25) is 0 Å². The van der Waals surface area contributed by atoms with Crippen molar-refractivity contribution in [2.75, 3.05) is 43.5 Å². The summed E-state index contributed by atoms with van der Waals surface area (Å²) < 4.78 is 11.4. The van der Waals surface area contributed by atoms with Crippen molar-refractivity contribution < 1.29 is 29.6 Å². The summed E-state index contributed by atoms with van der Waals surface area (Å²) in [7, 11) is 0. The number of nitrogens with one attached hydrogen (secondary N) is 3. The van der Waals surface area contributed by atoms with E-state index < -0.39 is 6.10 Å². The number of aliphatic hydroxyl groups is 2. The Bertz CT molecular complexity index is 1210. The lowest BCUT2D eigenvalue weighted by molar-refractivity contribution is 0.0393. The summed E-state index contributed by atoms with van der Waals surface area (Å²) in [5.41, 5.74) is 4.58. The van der Waals surface area contributed by atoms with Crippen molar-refractivity contribution in [3.05, 3.63) is 89.0 Å². The fraction of sp³-hybridized carbons (Fsp3) is 0.406. The van der Waals surface area contributed by atoms with E-state index in [4.69, 9.17) is 9.47 Å². The fourth-order valence-electron chi connectivity index (χ4n) is 4.27. The van der Waals surface area contributed by atoms with Crippen molar-refractivity contribution in [2.24, 2.45) is 0 Å². The first-order valence-electron chi connectivity index (χ1n) is 14.1. The number of anilines is 2. The van der Waals surface area contributed by atoms with Gasteiger partial charge < -0.3 is 40.7 Å². The molecule has 3 aromatic rings. The van der Waals surface area contributed by atoms with Crippen LogP contribution < -0.4 is 16.0 Å². The van der Waals surface area contributed by atoms with Gasteiger partial charge in [0.15, 0.2) is 0 Å². The molecule has 9 heteroatoms. The number of ether oxygens (including phenoxy) is 2. The van der Waals surface area contributed by atoms with E-state index in [9.17, 15) is 20.1 Å². The standard InChI is InChI=1S/C32H43N3O6/c1-24-8-6-10-28(18-24)34-32(39)35-29-11-7-9-25(19-29)23-41-17-16-40-15-5-3-2-4-14-33-21-31(38)26-12-13-30(37)27(20-26)22-36/h6-13,18-20,31,33,36-38H,2-5,14-17,21-23H2,1H3,(H2,34,35,39)/t31-/m1/s1. The maximum atomic E-state index is 12.3. The molecule has 0 spiro atoms. The molecule has 41 heavy (non-hydrogen) atoms. The van der Waals surface area contributed by atoms with Crippen molar-refractivity contribution in [1.29, 1.82) is 0 Å². The lowest BCUT2D eigenvalue weighted by Crippen LogP contribution is -2.22. The molecule has 0 radical (unpaired) electrons. The molecule has 0 heterocycles. The molecule has 6 N–H and O–H groups in total. The Labute approximate surface area is 242 Å². The average Bonchev–Trinajstić information content (AvgIpc) is 2.95. The van der Waals surface area contributed by atoms with Gasteiger partial charge in [-0.05, 0) is 79.4 Å². The van der Waals surface area contributed by atoms with E-state index in [0.29, 0.717) is 49.8 Å². The van der Waals surface area contributed by atoms with Crippen LogP contribution in [0.15, 0.2) is 66.7 Å². The molecular formula is C32H43N3O6. The Hall–Kier alpha value is -3.47. The number of unbranched alkanes of at least 4 members (excludes halogenated alkanes) is 3. The third-order valence-electron chi connectivity index (χ3n) is 6.49. The number of carbonyl (C=O) groups excluding carboxylic acids is 1. The van der Waals surface area contributed by atoms with Gasteiger partial charge in [-0.3, -0.25) is 0 Å². The minimum atomic E-state index is -0.687. The van der Waals surface area contributed by atoms with Gasteiger partial charge >= 0.3 is 6.03 Å². The zero-order valence-corrected chi connectivity index (χ0v) is 23.8. The summed E-state index contributed by atoms with van der Waals surface area (Å²) in [4.78, 5) is 12.3. The maximum Gasteiger partial charge on any atom is 0.323 e. The number of aliphatic hydroxyl groups excluding tert-OH is 2. The molecule has 0 fully saturated rings. The fourth-order valence-corrected chi connectivity index (χ4v) is 4.27. The summed E-state index contributed by atoms with van der Waals surface area (Å²) in [6.45, 7) is 5.11. The first-order chi connectivity index (χ1) is 19.9. The molecule has 2 amide bonds. The van der Waals surface area contributed by atoms with Crippen LogP contribution in [-0.2, 0) is 22.7 Å². The first kappa shape index (κ1) is 32.0. The molecule has 0 aromatic heterocycles. The van der Waals surface area contributed by atoms with E-state index in [2.05, 4.69) is 16.0 Å². The number of hydrogen-bond donors (Lipinski definition) is 6. The Kier molecular flexibility index (Phi) is 14.1. The predicted octanol–water partition coefficient (Wildman–Crippen LogP) is 5.25. The van der Waals surface area contributed by atoms with Crippen LogP contribution >= 0.6 is 0 Å². The summed E-state index contributed by atoms with van der Waals surface area (Å²) in [6.07, 6.45) is 3.45. The molecular weight excluding hydrogens is 522 g/mol. The van der Waals surface area contributed by atoms with Crippen LogP contribution in [0.1, 0.15) is 54.0 Å². The molecule has 9 nitrogen and oxygen atoms in total. The molecule has 0 saturated heterocycles. The second-order valence-corrected chi connectivity index (χ2v) is 9.99. The lowest BCUT2D eigenvalue weighted by Gasteiger charge is -2.14. The van der Waals surface area contributed by atoms with Gasteiger partial charge in [0.1, 0.15) is 5.75 Å². The molecule has 0 unspecified atom stereocenters. The highest BCUT2D eigenvalue weighted by Gasteiger charge is 2.10. The molecule has 0 aliphatic heterocycles. The van der Waals surface area contributed by atoms with Crippen molar-refractivity contribution >= 4 is 17.4 Å². The molecule has 0 bridgehead atoms. The first-order valence-corrected chi connectivity index (χ1v) is 14.1. The van der Waals surface area contributed by atoms with Crippen molar-refractivity contribution in [3.63, 3.8) is 0 Å². The summed E-state index contributed by atoms with van der Waals surface area (Å²) in [5, 5.41) is 38.1. The van der Waals surface area contributed by atoms with Gasteiger partial charge in [0.05, 0.1) is 32.5 Å². The van der Waals surface area contributed by atoms with Crippen LogP contribution in [0.3, 0.4) is 0 Å². The zero-order valence-electron chi connectivity index (χ0n) is 23.8. The van der Waals surface area contributed by atoms with E-state index >= 15 is 0 Å². The van der Waals surface area contributed by atoms with E-state index in [1.165, 1.54) is 6.07 Å². The number of urea groups is 1. The maximum absolute atomic E-state index is 12.3. The van der Waals surface area contributed by atoms with E-state index in [1.807, 2.05) is 55.5 Å². The van der Waals surface area contributed by atoms with Gasteiger partial charge in [-0.25, -0.2) is 4.79 Å². The Morgan fingerprint density at radius 2 is 1.59 bits per heavy atom. The Balaban J connectivity index is 1.16. The molecule has 3 aromatic carbocycles. The second kappa shape index (κ2) is 18.1. The van der Waals surface area contributed by atoms with Crippen LogP contribution in [-0.4, -0.2) is 54.3 Å². The van der Waals surface area contributed by atoms with Crippen LogP contribution in [0.25, 0.3) is 0 Å². The van der Waals surface area contributed by atoms with Crippen LogP contribution in [0.2, 0.25) is 0 Å². The predicted molar refractivity (Wildman–Crippen MR) is 161 cm³/mol. The van der Waals surface area contributed by atoms with Crippen molar-refractivity contribution in [3.8, 4) is 5.75 Å². The van der Waals surface area contributed by atoms with E-state index in [-0.39, 0.29) is 18.4 Å². The second-order valence-electron chi connectivity index (χ2n) is 9.99. The highest BCUT2D eigenvalue weighted by molar-refractivity contribution is 5.99. The number of rotatable bonds is 18. The minimum absolute atomic E-state index is 0.0324. The number of hydrogen-bond acceptors (Lipinski definition) is 7. The molecule has 1 atom stereocenters. The number of carbonyl (C=O) groups is 1. The number of amides is 2. The highest BCUT2D eigenvalue weighted by atomic mass is 16.5. The van der Waals surface area contributed by atoms with Gasteiger partial charge in [0.25, 0.3) is 0 Å². The quantitative estimate of drug-likeness (QED) is 0.116. The Morgan fingerprint density at radius 3 is 2.37 bits per heavy atom. The molecule has 222 valence electrons. The van der Waals surface area contributed by atoms with Gasteiger partial charge in [-0.1, -0.05) is 43.2 Å². The van der Waals surface area contributed by atoms with Gasteiger partial charge in [0, 0.05) is 30.1 Å². The average molecular weight is 566 g/mol. The van der Waals surface area contributed by atoms with Crippen LogP contribution in [0.4, 0.5) is 16.2 Å². The van der Waals surface area contributed by atoms with Crippen molar-refractivity contribution in [1.82, 2.24) is 5.32 Å². The van der Waals surface area contributed by atoms with Crippen LogP contribution in [0, 0.1) is 6.92 Å². The molecule has 0 aliphatic rings. The third-order valence-corrected chi connectivity index (χ3v) is 6.49. The third kappa shape index (κ3) is 12.3. The molecule has 0 saturated carbocycles. The summed E-state index contributed by atoms with van der Waals surface area (Å²) in [6, 6.07) is 19.7. The highest BCUT2D eigenvalue weighted by Crippen LogP contribution is 2.22. The number of aryl methyl sites for hydroxylation is 1. The van der Waals surface area contributed by atoms with Crippen molar-refractivity contribution in [2.45, 2.75) is 51.9 Å². The number of aromatic hydroxyl groups is 1. The van der Waals surface area contributed by atoms with E-state index in [1.54, 1.807) is 12.1 Å². The minimum Gasteiger partial charge on any atom is -0.508 e. The molecule has 3 rings (SSSR count). The summed E-state index contributed by atoms with van der Waals surface area (Å²) >= 11 is 0. The number of phenols is 1. The summed E-state index contributed by atoms with van der Waals surface area (Å²) in [5.74, 6) is 0.0324. The monoisotopic (exact) mass is 565 g/mol. The van der Waals surface area contributed by atoms with Crippen LogP contribution in [0.5, 0.6) is 5.75 Å². The lowest BCUT2D eigenvalue weighted by atomic mass is 10.1. The number of benzene rings is 3. The normalized spacial score (nSPS) is 11.8. The Morgan fingerprint density at radius 1 is 0.854 bits per heavy atom. The topological polar surface area (TPSA) is 132 Å². The zero-order chi connectivity index (χ0) is 29.3. The van der Waals surface area contributed by atoms with Gasteiger partial charge in [-0.15, -0.1) is 0 Å². The van der Waals surface area contributed by atoms with Gasteiger partial charge in [-0.2, -0.15) is 0 Å². The molecule has 0 aliphatic carbocycles. The SMILES string of the molecule is Cc1cccc(NC(=O)Nc2cccc(COCCOCCCCCCNC[C@@H](O)c3ccc(O)c(CO)c3)c2)c1. The smallest absolute Gasteiger partial charge is 0.323 e. The largest absolute Gasteiger partial charge is 0.508 e.